The number of rotatable bonds is 9. The molecule has 0 heterocycles. The van der Waals surface area contributed by atoms with Gasteiger partial charge in [-0.15, -0.1) is 0 Å². The second-order valence-corrected chi connectivity index (χ2v) is 7.72. The van der Waals surface area contributed by atoms with Crippen LogP contribution in [0.3, 0.4) is 0 Å². The molecule has 0 atom stereocenters. The zero-order valence-corrected chi connectivity index (χ0v) is 14.9. The van der Waals surface area contributed by atoms with Crippen LogP contribution in [0.2, 0.25) is 0 Å². The van der Waals surface area contributed by atoms with Gasteiger partial charge in [0.25, 0.3) is 0 Å². The lowest BCUT2D eigenvalue weighted by Gasteiger charge is -2.34. The fraction of sp³-hybridized carbons (Fsp3) is 0.632. The molecule has 0 spiro atoms. The Kier molecular flexibility index (Phi) is 7.56. The number of carbonyl (C=O) groups excluding carboxylic acids is 1. The summed E-state index contributed by atoms with van der Waals surface area (Å²) in [6.07, 6.45) is 2.30. The van der Waals surface area contributed by atoms with E-state index in [9.17, 15) is 4.79 Å². The fourth-order valence-electron chi connectivity index (χ4n) is 3.05. The van der Waals surface area contributed by atoms with Crippen LogP contribution in [0.25, 0.3) is 0 Å². The molecule has 0 aliphatic rings. The molecule has 4 heteroatoms. The maximum absolute atomic E-state index is 11.7. The number of aliphatic hydroxyl groups is 1. The summed E-state index contributed by atoms with van der Waals surface area (Å²) < 4.78 is 5.20. The summed E-state index contributed by atoms with van der Waals surface area (Å²) in [5, 5.41) is 11.9. The normalized spacial score (nSPS) is 12.0. The molecule has 0 aliphatic heterocycles. The topological polar surface area (TPSA) is 58.6 Å². The average molecular weight is 321 g/mol. The quantitative estimate of drug-likeness (QED) is 0.719. The zero-order valence-electron chi connectivity index (χ0n) is 14.9. The highest BCUT2D eigenvalue weighted by Crippen LogP contribution is 2.37. The van der Waals surface area contributed by atoms with E-state index in [1.807, 2.05) is 30.3 Å². The number of nitrogens with one attached hydrogen (secondary N) is 1. The Morgan fingerprint density at radius 1 is 1.09 bits per heavy atom. The third kappa shape index (κ3) is 8.60. The van der Waals surface area contributed by atoms with Gasteiger partial charge in [0.1, 0.15) is 6.61 Å². The summed E-state index contributed by atoms with van der Waals surface area (Å²) in [7, 11) is 0. The molecule has 0 saturated carbocycles. The molecule has 0 saturated heterocycles. The second-order valence-electron chi connectivity index (χ2n) is 7.72. The number of alkyl carbamates (subject to hydrolysis) is 1. The second kappa shape index (κ2) is 8.92. The van der Waals surface area contributed by atoms with Crippen molar-refractivity contribution in [3.8, 4) is 0 Å². The first-order valence-corrected chi connectivity index (χ1v) is 8.30. The number of aliphatic hydroxyl groups excluding tert-OH is 1. The van der Waals surface area contributed by atoms with E-state index in [1.54, 1.807) is 0 Å². The van der Waals surface area contributed by atoms with E-state index in [1.165, 1.54) is 0 Å². The van der Waals surface area contributed by atoms with Crippen molar-refractivity contribution >= 4 is 6.09 Å². The minimum atomic E-state index is -0.376. The van der Waals surface area contributed by atoms with E-state index in [0.717, 1.165) is 24.8 Å². The van der Waals surface area contributed by atoms with Crippen molar-refractivity contribution in [2.24, 2.45) is 10.8 Å². The fourth-order valence-corrected chi connectivity index (χ4v) is 3.05. The highest BCUT2D eigenvalue weighted by atomic mass is 16.5. The first-order chi connectivity index (χ1) is 10.7. The van der Waals surface area contributed by atoms with Crippen LogP contribution >= 0.6 is 0 Å². The number of benzene rings is 1. The maximum Gasteiger partial charge on any atom is 0.407 e. The average Bonchev–Trinajstić information content (AvgIpc) is 2.44. The van der Waals surface area contributed by atoms with Gasteiger partial charge in [-0.05, 0) is 35.7 Å². The van der Waals surface area contributed by atoms with Gasteiger partial charge in [0.2, 0.25) is 0 Å². The Bertz CT molecular complexity index is 469. The van der Waals surface area contributed by atoms with Crippen molar-refractivity contribution in [2.75, 3.05) is 13.2 Å². The molecule has 1 rings (SSSR count). The third-order valence-corrected chi connectivity index (χ3v) is 4.03. The third-order valence-electron chi connectivity index (χ3n) is 4.03. The molecule has 1 aromatic carbocycles. The zero-order chi connectivity index (χ0) is 17.3. The van der Waals surface area contributed by atoms with Gasteiger partial charge in [0.15, 0.2) is 0 Å². The maximum atomic E-state index is 11.7. The van der Waals surface area contributed by atoms with E-state index >= 15 is 0 Å². The summed E-state index contributed by atoms with van der Waals surface area (Å²) in [4.78, 5) is 11.7. The first kappa shape index (κ1) is 19.5. The number of hydrogen-bond acceptors (Lipinski definition) is 3. The molecule has 0 fully saturated rings. The Morgan fingerprint density at radius 2 is 1.70 bits per heavy atom. The largest absolute Gasteiger partial charge is 0.445 e. The lowest BCUT2D eigenvalue weighted by Crippen LogP contribution is -2.31. The summed E-state index contributed by atoms with van der Waals surface area (Å²) in [6.45, 7) is 9.84. The van der Waals surface area contributed by atoms with E-state index < -0.39 is 0 Å². The monoisotopic (exact) mass is 321 g/mol. The Morgan fingerprint density at radius 3 is 2.30 bits per heavy atom. The summed E-state index contributed by atoms with van der Waals surface area (Å²) >= 11 is 0. The van der Waals surface area contributed by atoms with Crippen molar-refractivity contribution in [1.82, 2.24) is 5.32 Å². The van der Waals surface area contributed by atoms with E-state index in [-0.39, 0.29) is 23.5 Å². The standard InChI is InChI=1S/C19H31NO3/c1-18(2,15-19(3,4)11-13-21)10-12-20-17(22)23-14-16-8-6-5-7-9-16/h5-9,21H,10-15H2,1-4H3,(H,20,22). The van der Waals surface area contributed by atoms with Crippen LogP contribution < -0.4 is 5.32 Å². The van der Waals surface area contributed by atoms with Gasteiger partial charge in [-0.25, -0.2) is 4.79 Å². The lowest BCUT2D eigenvalue weighted by atomic mass is 9.72. The van der Waals surface area contributed by atoms with Crippen molar-refractivity contribution in [3.05, 3.63) is 35.9 Å². The molecule has 1 aromatic rings. The Labute approximate surface area is 140 Å². The number of carbonyl (C=O) groups is 1. The molecule has 2 N–H and O–H groups in total. The van der Waals surface area contributed by atoms with Crippen LogP contribution in [-0.4, -0.2) is 24.4 Å². The molecule has 1 amide bonds. The molecular formula is C19H31NO3. The van der Waals surface area contributed by atoms with Crippen LogP contribution in [-0.2, 0) is 11.3 Å². The van der Waals surface area contributed by atoms with Gasteiger partial charge < -0.3 is 15.2 Å². The van der Waals surface area contributed by atoms with Gasteiger partial charge >= 0.3 is 6.09 Å². The van der Waals surface area contributed by atoms with Crippen LogP contribution in [0.1, 0.15) is 52.5 Å². The number of ether oxygens (including phenoxy) is 1. The minimum absolute atomic E-state index is 0.103. The smallest absolute Gasteiger partial charge is 0.407 e. The van der Waals surface area contributed by atoms with Gasteiger partial charge in [0, 0.05) is 13.2 Å². The minimum Gasteiger partial charge on any atom is -0.445 e. The van der Waals surface area contributed by atoms with Crippen molar-refractivity contribution in [2.45, 2.75) is 53.6 Å². The van der Waals surface area contributed by atoms with Crippen LogP contribution in [0.5, 0.6) is 0 Å². The molecule has 4 nitrogen and oxygen atoms in total. The van der Waals surface area contributed by atoms with Gasteiger partial charge in [0.05, 0.1) is 0 Å². The highest BCUT2D eigenvalue weighted by molar-refractivity contribution is 5.67. The molecule has 0 radical (unpaired) electrons. The number of amides is 1. The first-order valence-electron chi connectivity index (χ1n) is 8.30. The van der Waals surface area contributed by atoms with Gasteiger partial charge in [-0.1, -0.05) is 58.0 Å². The molecule has 130 valence electrons. The lowest BCUT2D eigenvalue weighted by molar-refractivity contribution is 0.128. The molecule has 0 bridgehead atoms. The highest BCUT2D eigenvalue weighted by Gasteiger charge is 2.28. The van der Waals surface area contributed by atoms with Crippen LogP contribution in [0.4, 0.5) is 4.79 Å². The van der Waals surface area contributed by atoms with Crippen LogP contribution in [0.15, 0.2) is 30.3 Å². The molecule has 0 unspecified atom stereocenters. The molecule has 0 aliphatic carbocycles. The molecule has 0 aromatic heterocycles. The molecule has 23 heavy (non-hydrogen) atoms. The van der Waals surface area contributed by atoms with Gasteiger partial charge in [-0.2, -0.15) is 0 Å². The van der Waals surface area contributed by atoms with Crippen molar-refractivity contribution < 1.29 is 14.6 Å². The predicted molar refractivity (Wildman–Crippen MR) is 93.1 cm³/mol. The predicted octanol–water partition coefficient (Wildman–Crippen LogP) is 4.13. The Hall–Kier alpha value is -1.55. The molecular weight excluding hydrogens is 290 g/mol. The van der Waals surface area contributed by atoms with Gasteiger partial charge in [-0.3, -0.25) is 0 Å². The van der Waals surface area contributed by atoms with Crippen LogP contribution in [0, 0.1) is 10.8 Å². The van der Waals surface area contributed by atoms with E-state index in [4.69, 9.17) is 9.84 Å². The number of hydrogen-bond donors (Lipinski definition) is 2. The summed E-state index contributed by atoms with van der Waals surface area (Å²) in [5.74, 6) is 0. The SMILES string of the molecule is CC(C)(CCO)CC(C)(C)CCNC(=O)OCc1ccccc1. The van der Waals surface area contributed by atoms with Crippen molar-refractivity contribution in [1.29, 1.82) is 0 Å². The van der Waals surface area contributed by atoms with Crippen molar-refractivity contribution in [3.63, 3.8) is 0 Å². The van der Waals surface area contributed by atoms with E-state index in [0.29, 0.717) is 13.2 Å². The summed E-state index contributed by atoms with van der Waals surface area (Å²) in [6, 6.07) is 9.64. The van der Waals surface area contributed by atoms with E-state index in [2.05, 4.69) is 33.0 Å². The Balaban J connectivity index is 2.27. The summed E-state index contributed by atoms with van der Waals surface area (Å²) in [5.41, 5.74) is 1.19.